The number of carbonyl (C=O) groups is 1. The van der Waals surface area contributed by atoms with E-state index in [1.807, 2.05) is 39.8 Å². The van der Waals surface area contributed by atoms with E-state index in [0.717, 1.165) is 48.4 Å². The Morgan fingerprint density at radius 2 is 2.03 bits per heavy atom. The third kappa shape index (κ3) is 3.34. The lowest BCUT2D eigenvalue weighted by atomic mass is 9.77. The first-order chi connectivity index (χ1) is 14.6. The molecule has 0 unspecified atom stereocenters. The molecule has 2 bridgehead atoms. The van der Waals surface area contributed by atoms with E-state index in [2.05, 4.69) is 23.0 Å². The molecule has 0 aliphatic carbocycles. The van der Waals surface area contributed by atoms with Gasteiger partial charge in [-0.05, 0) is 37.0 Å². The van der Waals surface area contributed by atoms with Crippen LogP contribution in [0.15, 0.2) is 47.3 Å². The lowest BCUT2D eigenvalue weighted by Crippen LogP contribution is -2.51. The van der Waals surface area contributed by atoms with Gasteiger partial charge in [0.05, 0.1) is 11.0 Å². The van der Waals surface area contributed by atoms with E-state index >= 15 is 0 Å². The lowest BCUT2D eigenvalue weighted by Gasteiger charge is -2.47. The molecule has 1 saturated heterocycles. The molecule has 1 fully saturated rings. The zero-order valence-corrected chi connectivity index (χ0v) is 17.4. The number of fused-ring (bicyclic) bond motifs is 5. The fourth-order valence-electron chi connectivity index (χ4n) is 5.42. The van der Waals surface area contributed by atoms with Gasteiger partial charge in [0.15, 0.2) is 0 Å². The van der Waals surface area contributed by atoms with Crippen molar-refractivity contribution >= 4 is 16.9 Å². The molecule has 3 aromatic rings. The summed E-state index contributed by atoms with van der Waals surface area (Å²) in [5, 5.41) is 0. The van der Waals surface area contributed by atoms with E-state index in [4.69, 9.17) is 0 Å². The van der Waals surface area contributed by atoms with Gasteiger partial charge in [-0.3, -0.25) is 9.59 Å². The van der Waals surface area contributed by atoms with Gasteiger partial charge in [-0.15, -0.1) is 0 Å². The fourth-order valence-corrected chi connectivity index (χ4v) is 5.42. The van der Waals surface area contributed by atoms with Crippen LogP contribution in [0.5, 0.6) is 0 Å². The van der Waals surface area contributed by atoms with Gasteiger partial charge in [-0.2, -0.15) is 0 Å². The summed E-state index contributed by atoms with van der Waals surface area (Å²) >= 11 is 0. The maximum atomic E-state index is 13.1. The van der Waals surface area contributed by atoms with Gasteiger partial charge in [0.25, 0.3) is 5.56 Å². The van der Waals surface area contributed by atoms with Crippen molar-refractivity contribution in [3.8, 4) is 0 Å². The minimum Gasteiger partial charge on any atom is -0.342 e. The Morgan fingerprint density at radius 1 is 1.17 bits per heavy atom. The van der Waals surface area contributed by atoms with Crippen molar-refractivity contribution in [2.45, 2.75) is 51.0 Å². The van der Waals surface area contributed by atoms with Crippen LogP contribution >= 0.6 is 0 Å². The first kappa shape index (κ1) is 19.1. The first-order valence-corrected chi connectivity index (χ1v) is 11.1. The number of aromatic nitrogens is 3. The summed E-state index contributed by atoms with van der Waals surface area (Å²) in [5.41, 5.74) is 3.16. The molecule has 1 N–H and O–H groups in total. The summed E-state index contributed by atoms with van der Waals surface area (Å²) < 4.78 is 2.03. The van der Waals surface area contributed by atoms with Gasteiger partial charge in [0.1, 0.15) is 5.82 Å². The first-order valence-electron chi connectivity index (χ1n) is 11.1. The molecule has 0 saturated carbocycles. The van der Waals surface area contributed by atoms with Crippen LogP contribution in [0.1, 0.15) is 56.1 Å². The molecule has 4 heterocycles. The number of aryl methyl sites for hydroxylation is 1. The Labute approximate surface area is 175 Å². The van der Waals surface area contributed by atoms with Crippen LogP contribution in [0.4, 0.5) is 0 Å². The Hall–Kier alpha value is -2.89. The predicted octanol–water partition coefficient (Wildman–Crippen LogP) is 3.64. The SMILES string of the molecule is CCC[C@H]1[C@H]2C[C@H](CN(C(=O)CCc3nc4ccccc4[nH]3)C2)c2cccc(=O)n21. The van der Waals surface area contributed by atoms with E-state index in [-0.39, 0.29) is 23.4 Å². The van der Waals surface area contributed by atoms with Crippen LogP contribution in [0.3, 0.4) is 0 Å². The molecule has 2 aliphatic rings. The predicted molar refractivity (Wildman–Crippen MR) is 116 cm³/mol. The maximum Gasteiger partial charge on any atom is 0.250 e. The molecule has 30 heavy (non-hydrogen) atoms. The average Bonchev–Trinajstić information content (AvgIpc) is 3.18. The van der Waals surface area contributed by atoms with E-state index in [1.54, 1.807) is 6.07 Å². The normalized spacial score (nSPS) is 22.8. The minimum atomic E-state index is 0.102. The number of aromatic amines is 1. The second-order valence-corrected chi connectivity index (χ2v) is 8.71. The van der Waals surface area contributed by atoms with E-state index < -0.39 is 0 Å². The van der Waals surface area contributed by atoms with Crippen molar-refractivity contribution in [1.82, 2.24) is 19.4 Å². The smallest absolute Gasteiger partial charge is 0.250 e. The van der Waals surface area contributed by atoms with Crippen LogP contribution in [-0.2, 0) is 11.2 Å². The number of benzene rings is 1. The Kier molecular flexibility index (Phi) is 4.93. The number of pyridine rings is 1. The number of imidazole rings is 1. The third-order valence-electron chi connectivity index (χ3n) is 6.75. The number of carbonyl (C=O) groups excluding carboxylic acids is 1. The van der Waals surface area contributed by atoms with Gasteiger partial charge in [-0.1, -0.05) is 31.5 Å². The molecule has 0 radical (unpaired) electrons. The Morgan fingerprint density at radius 3 is 2.87 bits per heavy atom. The molecule has 2 aromatic heterocycles. The minimum absolute atomic E-state index is 0.102. The van der Waals surface area contributed by atoms with Crippen LogP contribution in [0, 0.1) is 5.92 Å². The van der Waals surface area contributed by atoms with E-state index in [9.17, 15) is 9.59 Å². The van der Waals surface area contributed by atoms with E-state index in [1.165, 1.54) is 0 Å². The van der Waals surface area contributed by atoms with E-state index in [0.29, 0.717) is 25.3 Å². The van der Waals surface area contributed by atoms with Gasteiger partial charge < -0.3 is 14.5 Å². The van der Waals surface area contributed by atoms with Gasteiger partial charge in [-0.25, -0.2) is 4.98 Å². The van der Waals surface area contributed by atoms with Crippen molar-refractivity contribution in [2.75, 3.05) is 13.1 Å². The molecule has 1 aromatic carbocycles. The van der Waals surface area contributed by atoms with Crippen molar-refractivity contribution in [2.24, 2.45) is 5.92 Å². The van der Waals surface area contributed by atoms with Gasteiger partial charge in [0.2, 0.25) is 5.91 Å². The summed E-state index contributed by atoms with van der Waals surface area (Å²) in [7, 11) is 0. The second-order valence-electron chi connectivity index (χ2n) is 8.71. The van der Waals surface area contributed by atoms with Crippen molar-refractivity contribution in [3.05, 3.63) is 64.3 Å². The quantitative estimate of drug-likeness (QED) is 0.706. The van der Waals surface area contributed by atoms with Crippen LogP contribution < -0.4 is 5.56 Å². The van der Waals surface area contributed by atoms with Crippen molar-refractivity contribution in [3.63, 3.8) is 0 Å². The summed E-state index contributed by atoms with van der Waals surface area (Å²) in [5.74, 6) is 1.65. The lowest BCUT2D eigenvalue weighted by molar-refractivity contribution is -0.134. The monoisotopic (exact) mass is 404 g/mol. The highest BCUT2D eigenvalue weighted by atomic mass is 16.2. The number of rotatable bonds is 5. The molecule has 5 rings (SSSR count). The summed E-state index contributed by atoms with van der Waals surface area (Å²) in [4.78, 5) is 35.6. The molecule has 156 valence electrons. The number of hydrogen-bond acceptors (Lipinski definition) is 3. The molecule has 1 amide bonds. The average molecular weight is 405 g/mol. The summed E-state index contributed by atoms with van der Waals surface area (Å²) in [6, 6.07) is 13.7. The summed E-state index contributed by atoms with van der Waals surface area (Å²) in [6.07, 6.45) is 4.16. The fraction of sp³-hybridized carbons (Fsp3) is 0.458. The highest BCUT2D eigenvalue weighted by Gasteiger charge is 2.41. The molecular formula is C24H28N4O2. The van der Waals surface area contributed by atoms with Crippen LogP contribution in [-0.4, -0.2) is 38.4 Å². The number of hydrogen-bond donors (Lipinski definition) is 1. The number of H-pyrrole nitrogens is 1. The maximum absolute atomic E-state index is 13.1. The zero-order valence-electron chi connectivity index (χ0n) is 17.4. The van der Waals surface area contributed by atoms with Crippen LogP contribution in [0.2, 0.25) is 0 Å². The molecular weight excluding hydrogens is 376 g/mol. The van der Waals surface area contributed by atoms with Gasteiger partial charge >= 0.3 is 0 Å². The topological polar surface area (TPSA) is 71.0 Å². The standard InChI is InChI=1S/C24H28N4O2/c1-2-6-20-16-13-17(21-9-5-10-24(30)28(20)21)15-27(14-16)23(29)12-11-22-25-18-7-3-4-8-19(18)26-22/h3-5,7-10,16-17,20H,2,6,11-15H2,1H3,(H,25,26)/t16-,17+,20-/m0/s1. The number of nitrogens with zero attached hydrogens (tertiary/aromatic N) is 3. The highest BCUT2D eigenvalue weighted by Crippen LogP contribution is 2.42. The van der Waals surface area contributed by atoms with Crippen molar-refractivity contribution < 1.29 is 4.79 Å². The number of para-hydroxylation sites is 2. The number of piperidine rings is 1. The molecule has 0 spiro atoms. The molecule has 2 aliphatic heterocycles. The Bertz CT molecular complexity index is 1100. The molecule has 6 heteroatoms. The second kappa shape index (κ2) is 7.74. The Balaban J connectivity index is 1.33. The van der Waals surface area contributed by atoms with Gasteiger partial charge in [0, 0.05) is 49.7 Å². The number of amides is 1. The number of likely N-dealkylation sites (tertiary alicyclic amines) is 1. The molecule has 6 nitrogen and oxygen atoms in total. The largest absolute Gasteiger partial charge is 0.342 e. The van der Waals surface area contributed by atoms with Crippen LogP contribution in [0.25, 0.3) is 11.0 Å². The highest BCUT2D eigenvalue weighted by molar-refractivity contribution is 5.77. The zero-order chi connectivity index (χ0) is 20.7. The molecule has 3 atom stereocenters. The summed E-state index contributed by atoms with van der Waals surface area (Å²) in [6.45, 7) is 3.62. The van der Waals surface area contributed by atoms with Crippen molar-refractivity contribution in [1.29, 1.82) is 0 Å². The number of nitrogens with one attached hydrogen (secondary N) is 1. The third-order valence-corrected chi connectivity index (χ3v) is 6.75.